The number of carbonyl (C=O) groups is 3. The second-order valence-corrected chi connectivity index (χ2v) is 7.05. The van der Waals surface area contributed by atoms with E-state index in [1.54, 1.807) is 31.2 Å². The van der Waals surface area contributed by atoms with Crippen molar-refractivity contribution in [3.63, 3.8) is 0 Å². The molecule has 1 aliphatic carbocycles. The second-order valence-electron chi connectivity index (χ2n) is 7.05. The van der Waals surface area contributed by atoms with Gasteiger partial charge in [-0.1, -0.05) is 25.1 Å². The van der Waals surface area contributed by atoms with Crippen LogP contribution in [-0.2, 0) is 29.3 Å². The zero-order chi connectivity index (χ0) is 19.3. The molecule has 140 valence electrons. The molecular weight excluding hydrogens is 348 g/mol. The van der Waals surface area contributed by atoms with Crippen LogP contribution in [0, 0.1) is 5.92 Å². The predicted molar refractivity (Wildman–Crippen MR) is 96.1 cm³/mol. The average molecular weight is 368 g/mol. The van der Waals surface area contributed by atoms with E-state index < -0.39 is 17.3 Å². The molecule has 0 fully saturated rings. The molecule has 0 aromatic heterocycles. The van der Waals surface area contributed by atoms with Crippen LogP contribution in [0.25, 0.3) is 0 Å². The SMILES string of the molecule is CCOC(=O)C1=C(N)OC2=C(C(=O)CC(C)C2)C12C(=O)Nc1ccccc12. The summed E-state index contributed by atoms with van der Waals surface area (Å²) in [5.74, 6) is -1.25. The van der Waals surface area contributed by atoms with Crippen molar-refractivity contribution >= 4 is 23.3 Å². The molecule has 0 radical (unpaired) electrons. The number of ether oxygens (including phenoxy) is 2. The summed E-state index contributed by atoms with van der Waals surface area (Å²) in [6.07, 6.45) is 0.741. The van der Waals surface area contributed by atoms with E-state index in [1.165, 1.54) is 0 Å². The Morgan fingerprint density at radius 3 is 2.81 bits per heavy atom. The van der Waals surface area contributed by atoms with Crippen LogP contribution in [0.1, 0.15) is 32.3 Å². The number of hydrogen-bond donors (Lipinski definition) is 2. The van der Waals surface area contributed by atoms with Gasteiger partial charge in [-0.05, 0) is 18.9 Å². The number of para-hydroxylation sites is 1. The van der Waals surface area contributed by atoms with Gasteiger partial charge >= 0.3 is 5.97 Å². The number of rotatable bonds is 2. The number of amides is 1. The first-order valence-electron chi connectivity index (χ1n) is 8.94. The van der Waals surface area contributed by atoms with Crippen molar-refractivity contribution in [3.05, 3.63) is 52.6 Å². The summed E-state index contributed by atoms with van der Waals surface area (Å²) in [5.41, 5.74) is 5.59. The third-order valence-corrected chi connectivity index (χ3v) is 5.25. The van der Waals surface area contributed by atoms with Gasteiger partial charge in [0.25, 0.3) is 0 Å². The molecule has 2 aliphatic heterocycles. The average Bonchev–Trinajstić information content (AvgIpc) is 2.87. The number of nitrogens with two attached hydrogens (primary N) is 1. The fourth-order valence-electron chi connectivity index (χ4n) is 4.28. The third-order valence-electron chi connectivity index (χ3n) is 5.25. The number of Topliss-reactive ketones (excluding diaryl/α,β-unsaturated/α-hetero) is 1. The van der Waals surface area contributed by atoms with Crippen LogP contribution in [0.5, 0.6) is 0 Å². The molecule has 0 bridgehead atoms. The molecule has 3 N–H and O–H groups in total. The van der Waals surface area contributed by atoms with Gasteiger partial charge in [-0.25, -0.2) is 4.79 Å². The van der Waals surface area contributed by atoms with Gasteiger partial charge in [0.2, 0.25) is 11.8 Å². The predicted octanol–water partition coefficient (Wildman–Crippen LogP) is 1.89. The maximum atomic E-state index is 13.3. The molecule has 27 heavy (non-hydrogen) atoms. The Kier molecular flexibility index (Phi) is 3.83. The summed E-state index contributed by atoms with van der Waals surface area (Å²) in [7, 11) is 0. The number of hydrogen-bond acceptors (Lipinski definition) is 6. The Bertz CT molecular complexity index is 945. The fourth-order valence-corrected chi connectivity index (χ4v) is 4.28. The minimum atomic E-state index is -1.64. The van der Waals surface area contributed by atoms with Crippen molar-refractivity contribution in [2.24, 2.45) is 11.7 Å². The van der Waals surface area contributed by atoms with Crippen molar-refractivity contribution in [1.29, 1.82) is 0 Å². The molecular formula is C20H20N2O5. The molecule has 1 aromatic carbocycles. The summed E-state index contributed by atoms with van der Waals surface area (Å²) < 4.78 is 10.9. The lowest BCUT2D eigenvalue weighted by Crippen LogP contribution is -2.49. The number of nitrogens with one attached hydrogen (secondary N) is 1. The number of carbonyl (C=O) groups excluding carboxylic acids is 3. The summed E-state index contributed by atoms with van der Waals surface area (Å²) in [5, 5.41) is 2.79. The lowest BCUT2D eigenvalue weighted by atomic mass is 9.64. The molecule has 2 atom stereocenters. The fraction of sp³-hybridized carbons (Fsp3) is 0.350. The number of allylic oxidation sites excluding steroid dienone is 1. The maximum Gasteiger partial charge on any atom is 0.341 e. The second kappa shape index (κ2) is 5.97. The molecule has 7 heteroatoms. The van der Waals surface area contributed by atoms with Crippen molar-refractivity contribution in [2.45, 2.75) is 32.1 Å². The van der Waals surface area contributed by atoms with Crippen molar-refractivity contribution in [2.75, 3.05) is 11.9 Å². The Balaban J connectivity index is 2.06. The largest absolute Gasteiger partial charge is 0.462 e. The molecule has 0 saturated carbocycles. The Hall–Kier alpha value is -3.09. The molecule has 1 aromatic rings. The van der Waals surface area contributed by atoms with Crippen molar-refractivity contribution in [1.82, 2.24) is 0 Å². The quantitative estimate of drug-likeness (QED) is 0.772. The lowest BCUT2D eigenvalue weighted by molar-refractivity contribution is -0.141. The van der Waals surface area contributed by atoms with Crippen molar-refractivity contribution in [3.8, 4) is 0 Å². The van der Waals surface area contributed by atoms with Crippen LogP contribution in [-0.4, -0.2) is 24.3 Å². The number of esters is 1. The molecule has 2 heterocycles. The highest BCUT2D eigenvalue weighted by molar-refractivity contribution is 6.22. The van der Waals surface area contributed by atoms with E-state index in [2.05, 4.69) is 5.32 Å². The van der Waals surface area contributed by atoms with Crippen LogP contribution in [0.3, 0.4) is 0 Å². The molecule has 1 amide bonds. The summed E-state index contributed by atoms with van der Waals surface area (Å²) in [6, 6.07) is 6.98. The van der Waals surface area contributed by atoms with Gasteiger partial charge in [-0.2, -0.15) is 0 Å². The zero-order valence-electron chi connectivity index (χ0n) is 15.1. The highest BCUT2D eigenvalue weighted by atomic mass is 16.5. The van der Waals surface area contributed by atoms with Gasteiger partial charge < -0.3 is 20.5 Å². The molecule has 4 rings (SSSR count). The maximum absolute atomic E-state index is 13.3. The molecule has 0 saturated heterocycles. The summed E-state index contributed by atoms with van der Waals surface area (Å²) in [4.78, 5) is 39.2. The van der Waals surface area contributed by atoms with E-state index in [0.717, 1.165) is 0 Å². The highest BCUT2D eigenvalue weighted by Gasteiger charge is 2.61. The van der Waals surface area contributed by atoms with Crippen LogP contribution in [0.15, 0.2) is 47.1 Å². The first kappa shape index (κ1) is 17.3. The first-order valence-corrected chi connectivity index (χ1v) is 8.94. The third kappa shape index (κ3) is 2.24. The topological polar surface area (TPSA) is 108 Å². The van der Waals surface area contributed by atoms with Gasteiger partial charge in [-0.3, -0.25) is 9.59 Å². The van der Waals surface area contributed by atoms with E-state index in [4.69, 9.17) is 15.2 Å². The minimum Gasteiger partial charge on any atom is -0.462 e. The van der Waals surface area contributed by atoms with E-state index in [-0.39, 0.29) is 41.8 Å². The lowest BCUT2D eigenvalue weighted by Gasteiger charge is -2.39. The Morgan fingerprint density at radius 1 is 1.33 bits per heavy atom. The van der Waals surface area contributed by atoms with Crippen LogP contribution in [0.4, 0.5) is 5.69 Å². The molecule has 3 aliphatic rings. The smallest absolute Gasteiger partial charge is 0.341 e. The number of anilines is 1. The zero-order valence-corrected chi connectivity index (χ0v) is 15.1. The molecule has 2 unspecified atom stereocenters. The van der Waals surface area contributed by atoms with Crippen molar-refractivity contribution < 1.29 is 23.9 Å². The number of benzene rings is 1. The van der Waals surface area contributed by atoms with Gasteiger partial charge in [0.15, 0.2) is 5.78 Å². The Labute approximate surface area is 156 Å². The molecule has 1 spiro atoms. The van der Waals surface area contributed by atoms with E-state index in [0.29, 0.717) is 23.4 Å². The van der Waals surface area contributed by atoms with Crippen LogP contribution < -0.4 is 11.1 Å². The normalized spacial score (nSPS) is 26.5. The van der Waals surface area contributed by atoms with Gasteiger partial charge in [0.05, 0.1) is 12.2 Å². The van der Waals surface area contributed by atoms with E-state index >= 15 is 0 Å². The van der Waals surface area contributed by atoms with Crippen LogP contribution >= 0.6 is 0 Å². The van der Waals surface area contributed by atoms with E-state index in [1.807, 2.05) is 6.92 Å². The Morgan fingerprint density at radius 2 is 2.07 bits per heavy atom. The summed E-state index contributed by atoms with van der Waals surface area (Å²) >= 11 is 0. The van der Waals surface area contributed by atoms with Crippen LogP contribution in [0.2, 0.25) is 0 Å². The van der Waals surface area contributed by atoms with Gasteiger partial charge in [0, 0.05) is 24.1 Å². The first-order chi connectivity index (χ1) is 12.9. The molecule has 7 nitrogen and oxygen atoms in total. The summed E-state index contributed by atoms with van der Waals surface area (Å²) in [6.45, 7) is 3.69. The van der Waals surface area contributed by atoms with Gasteiger partial charge in [0.1, 0.15) is 16.7 Å². The number of ketones is 1. The highest BCUT2D eigenvalue weighted by Crippen LogP contribution is 2.54. The standard InChI is InChI=1S/C20H20N2O5/c1-3-26-18(24)16-17(21)27-14-9-10(2)8-13(23)15(14)20(16)11-6-4-5-7-12(11)22-19(20)25/h4-7,10H,3,8-9,21H2,1-2H3,(H,22,25). The van der Waals surface area contributed by atoms with E-state index in [9.17, 15) is 14.4 Å². The monoisotopic (exact) mass is 368 g/mol. The van der Waals surface area contributed by atoms with Gasteiger partial charge in [-0.15, -0.1) is 0 Å². The minimum absolute atomic E-state index is 0.0601. The number of fused-ring (bicyclic) bond motifs is 3.